The first-order valence-electron chi connectivity index (χ1n) is 7.34. The molecule has 0 spiro atoms. The highest BCUT2D eigenvalue weighted by Gasteiger charge is 2.22. The van der Waals surface area contributed by atoms with Gasteiger partial charge in [-0.05, 0) is 36.6 Å². The van der Waals surface area contributed by atoms with Gasteiger partial charge in [0.1, 0.15) is 0 Å². The molecule has 0 aliphatic carbocycles. The van der Waals surface area contributed by atoms with E-state index in [9.17, 15) is 4.79 Å². The maximum atomic E-state index is 12.5. The lowest BCUT2D eigenvalue weighted by Gasteiger charge is -2.35. The molecule has 4 nitrogen and oxygen atoms in total. The van der Waals surface area contributed by atoms with Crippen LogP contribution in [0.3, 0.4) is 0 Å². The number of benzene rings is 1. The van der Waals surface area contributed by atoms with Crippen LogP contribution in [0.5, 0.6) is 0 Å². The largest absolute Gasteiger partial charge is 0.399 e. The van der Waals surface area contributed by atoms with Crippen LogP contribution in [0.1, 0.15) is 29.8 Å². The highest BCUT2D eigenvalue weighted by molar-refractivity contribution is 5.95. The monoisotopic (exact) mass is 275 g/mol. The Morgan fingerprint density at radius 1 is 1.20 bits per heavy atom. The Morgan fingerprint density at radius 2 is 1.85 bits per heavy atom. The molecule has 1 heterocycles. The van der Waals surface area contributed by atoms with E-state index in [0.29, 0.717) is 17.2 Å². The molecule has 0 aromatic heterocycles. The predicted molar refractivity (Wildman–Crippen MR) is 82.8 cm³/mol. The standard InChI is InChI=1S/C16H25N3O/c1-12(2)11-18-4-6-19(7-5-18)16(20)14-8-13(3)9-15(17)10-14/h8-10,12H,4-7,11,17H2,1-3H3. The molecule has 2 N–H and O–H groups in total. The van der Waals surface area contributed by atoms with E-state index in [1.54, 1.807) is 6.07 Å². The van der Waals surface area contributed by atoms with E-state index in [-0.39, 0.29) is 5.91 Å². The van der Waals surface area contributed by atoms with Gasteiger partial charge in [0.2, 0.25) is 0 Å². The van der Waals surface area contributed by atoms with Crippen LogP contribution in [0.15, 0.2) is 18.2 Å². The van der Waals surface area contributed by atoms with Gasteiger partial charge in [0.25, 0.3) is 5.91 Å². The van der Waals surface area contributed by atoms with Crippen LogP contribution < -0.4 is 5.73 Å². The summed E-state index contributed by atoms with van der Waals surface area (Å²) in [5, 5.41) is 0. The van der Waals surface area contributed by atoms with Crippen LogP contribution in [-0.2, 0) is 0 Å². The van der Waals surface area contributed by atoms with Gasteiger partial charge in [0.05, 0.1) is 0 Å². The predicted octanol–water partition coefficient (Wildman–Crippen LogP) is 1.99. The van der Waals surface area contributed by atoms with E-state index in [1.807, 2.05) is 24.0 Å². The summed E-state index contributed by atoms with van der Waals surface area (Å²) in [5.41, 5.74) is 8.23. The van der Waals surface area contributed by atoms with Gasteiger partial charge in [-0.3, -0.25) is 9.69 Å². The van der Waals surface area contributed by atoms with Crippen molar-refractivity contribution < 1.29 is 4.79 Å². The number of hydrogen-bond donors (Lipinski definition) is 1. The summed E-state index contributed by atoms with van der Waals surface area (Å²) < 4.78 is 0. The lowest BCUT2D eigenvalue weighted by Crippen LogP contribution is -2.49. The average Bonchev–Trinajstić information content (AvgIpc) is 2.37. The minimum absolute atomic E-state index is 0.101. The summed E-state index contributed by atoms with van der Waals surface area (Å²) in [5.74, 6) is 0.776. The Bertz CT molecular complexity index is 456. The zero-order valence-electron chi connectivity index (χ0n) is 12.7. The van der Waals surface area contributed by atoms with Gasteiger partial charge in [0.15, 0.2) is 0 Å². The first-order valence-corrected chi connectivity index (χ1v) is 7.34. The number of nitrogens with zero attached hydrogens (tertiary/aromatic N) is 2. The molecular formula is C16H25N3O. The summed E-state index contributed by atoms with van der Waals surface area (Å²) >= 11 is 0. The third-order valence-corrected chi connectivity index (χ3v) is 3.63. The minimum Gasteiger partial charge on any atom is -0.399 e. The van der Waals surface area contributed by atoms with Crippen molar-refractivity contribution in [3.05, 3.63) is 29.3 Å². The molecular weight excluding hydrogens is 250 g/mol. The van der Waals surface area contributed by atoms with Gasteiger partial charge in [-0.1, -0.05) is 13.8 Å². The number of carbonyl (C=O) groups excluding carboxylic acids is 1. The Labute approximate surface area is 121 Å². The molecule has 1 aliphatic heterocycles. The van der Waals surface area contributed by atoms with Gasteiger partial charge < -0.3 is 10.6 Å². The number of piperazine rings is 1. The van der Waals surface area contributed by atoms with Gasteiger partial charge in [-0.15, -0.1) is 0 Å². The Morgan fingerprint density at radius 3 is 2.40 bits per heavy atom. The number of rotatable bonds is 3. The third kappa shape index (κ3) is 3.73. The van der Waals surface area contributed by atoms with Crippen LogP contribution in [0, 0.1) is 12.8 Å². The Balaban J connectivity index is 1.98. The highest BCUT2D eigenvalue weighted by atomic mass is 16.2. The van der Waals surface area contributed by atoms with E-state index >= 15 is 0 Å². The molecule has 4 heteroatoms. The summed E-state index contributed by atoms with van der Waals surface area (Å²) in [6, 6.07) is 5.58. The molecule has 0 saturated carbocycles. The fraction of sp³-hybridized carbons (Fsp3) is 0.562. The van der Waals surface area contributed by atoms with Crippen molar-refractivity contribution in [2.24, 2.45) is 5.92 Å². The number of nitrogens with two attached hydrogens (primary N) is 1. The first-order chi connectivity index (χ1) is 9.45. The number of anilines is 1. The molecule has 0 bridgehead atoms. The van der Waals surface area contributed by atoms with Crippen molar-refractivity contribution in [3.63, 3.8) is 0 Å². The van der Waals surface area contributed by atoms with E-state index in [1.165, 1.54) is 0 Å². The molecule has 1 aromatic rings. The number of nitrogen functional groups attached to an aromatic ring is 1. The second kappa shape index (κ2) is 6.27. The number of aryl methyl sites for hydroxylation is 1. The minimum atomic E-state index is 0.101. The number of carbonyl (C=O) groups is 1. The summed E-state index contributed by atoms with van der Waals surface area (Å²) in [6.07, 6.45) is 0. The fourth-order valence-electron chi connectivity index (χ4n) is 2.77. The molecule has 1 aromatic carbocycles. The van der Waals surface area contributed by atoms with Crippen molar-refractivity contribution in [2.45, 2.75) is 20.8 Å². The van der Waals surface area contributed by atoms with E-state index < -0.39 is 0 Å². The topological polar surface area (TPSA) is 49.6 Å². The second-order valence-corrected chi connectivity index (χ2v) is 6.12. The molecule has 1 fully saturated rings. The Hall–Kier alpha value is -1.55. The summed E-state index contributed by atoms with van der Waals surface area (Å²) in [6.45, 7) is 11.1. The SMILES string of the molecule is Cc1cc(N)cc(C(=O)N2CCN(CC(C)C)CC2)c1. The van der Waals surface area contributed by atoms with Gasteiger partial charge in [-0.25, -0.2) is 0 Å². The zero-order valence-corrected chi connectivity index (χ0v) is 12.7. The quantitative estimate of drug-likeness (QED) is 0.858. The molecule has 2 rings (SSSR count). The van der Waals surface area contributed by atoms with Crippen LogP contribution >= 0.6 is 0 Å². The average molecular weight is 275 g/mol. The third-order valence-electron chi connectivity index (χ3n) is 3.63. The molecule has 0 unspecified atom stereocenters. The van der Waals surface area contributed by atoms with E-state index in [2.05, 4.69) is 18.7 Å². The maximum Gasteiger partial charge on any atom is 0.254 e. The molecule has 1 saturated heterocycles. The van der Waals surface area contributed by atoms with Crippen LogP contribution in [-0.4, -0.2) is 48.4 Å². The number of amides is 1. The van der Waals surface area contributed by atoms with Crippen LogP contribution in [0.25, 0.3) is 0 Å². The maximum absolute atomic E-state index is 12.5. The van der Waals surface area contributed by atoms with Crippen LogP contribution in [0.2, 0.25) is 0 Å². The summed E-state index contributed by atoms with van der Waals surface area (Å²) in [7, 11) is 0. The number of hydrogen-bond acceptors (Lipinski definition) is 3. The summed E-state index contributed by atoms with van der Waals surface area (Å²) in [4.78, 5) is 16.9. The van der Waals surface area contributed by atoms with E-state index in [0.717, 1.165) is 38.3 Å². The first kappa shape index (κ1) is 14.9. The normalized spacial score (nSPS) is 16.7. The van der Waals surface area contributed by atoms with Gasteiger partial charge in [0, 0.05) is 44.0 Å². The molecule has 110 valence electrons. The van der Waals surface area contributed by atoms with Crippen molar-refractivity contribution in [3.8, 4) is 0 Å². The van der Waals surface area contributed by atoms with Crippen LogP contribution in [0.4, 0.5) is 5.69 Å². The lowest BCUT2D eigenvalue weighted by atomic mass is 10.1. The lowest BCUT2D eigenvalue weighted by molar-refractivity contribution is 0.0624. The van der Waals surface area contributed by atoms with Crippen molar-refractivity contribution in [2.75, 3.05) is 38.5 Å². The highest BCUT2D eigenvalue weighted by Crippen LogP contribution is 2.15. The second-order valence-electron chi connectivity index (χ2n) is 6.12. The Kier molecular flexibility index (Phi) is 4.65. The van der Waals surface area contributed by atoms with Crippen molar-refractivity contribution in [1.82, 2.24) is 9.80 Å². The zero-order chi connectivity index (χ0) is 14.7. The fourth-order valence-corrected chi connectivity index (χ4v) is 2.77. The molecule has 0 atom stereocenters. The van der Waals surface area contributed by atoms with Crippen molar-refractivity contribution in [1.29, 1.82) is 0 Å². The van der Waals surface area contributed by atoms with Gasteiger partial charge in [-0.2, -0.15) is 0 Å². The van der Waals surface area contributed by atoms with E-state index in [4.69, 9.17) is 5.73 Å². The smallest absolute Gasteiger partial charge is 0.254 e. The van der Waals surface area contributed by atoms with Crippen molar-refractivity contribution >= 4 is 11.6 Å². The molecule has 0 radical (unpaired) electrons. The molecule has 1 amide bonds. The molecule has 20 heavy (non-hydrogen) atoms. The van der Waals surface area contributed by atoms with Gasteiger partial charge >= 0.3 is 0 Å². The molecule has 1 aliphatic rings.